The van der Waals surface area contributed by atoms with Crippen molar-refractivity contribution in [1.29, 1.82) is 0 Å². The van der Waals surface area contributed by atoms with Crippen molar-refractivity contribution in [2.24, 2.45) is 0 Å². The summed E-state index contributed by atoms with van der Waals surface area (Å²) in [6, 6.07) is -0.127. The highest BCUT2D eigenvalue weighted by molar-refractivity contribution is 5.85. The van der Waals surface area contributed by atoms with Gasteiger partial charge in [-0.05, 0) is 32.8 Å². The van der Waals surface area contributed by atoms with Gasteiger partial charge in [-0.2, -0.15) is 0 Å². The monoisotopic (exact) mass is 365 g/mol. The first kappa shape index (κ1) is 21.3. The zero-order chi connectivity index (χ0) is 17.4. The Morgan fingerprint density at radius 1 is 1.46 bits per heavy atom. The molecule has 2 unspecified atom stereocenters. The van der Waals surface area contributed by atoms with E-state index in [0.29, 0.717) is 6.42 Å². The second-order valence-corrected chi connectivity index (χ2v) is 6.85. The number of hydrogen-bond donors (Lipinski definition) is 3. The van der Waals surface area contributed by atoms with Gasteiger partial charge in [0.05, 0.1) is 18.2 Å². The third-order valence-corrected chi connectivity index (χ3v) is 4.99. The van der Waals surface area contributed by atoms with Crippen LogP contribution in [0.5, 0.6) is 0 Å². The summed E-state index contributed by atoms with van der Waals surface area (Å²) >= 11 is 0. The van der Waals surface area contributed by atoms with Gasteiger partial charge in [-0.25, -0.2) is 4.79 Å². The van der Waals surface area contributed by atoms with E-state index in [2.05, 4.69) is 4.90 Å². The van der Waals surface area contributed by atoms with Crippen LogP contribution in [0.3, 0.4) is 0 Å². The first-order chi connectivity index (χ1) is 10.6. The fourth-order valence-corrected chi connectivity index (χ4v) is 3.37. The molecule has 0 amide bonds. The minimum absolute atomic E-state index is 0. The summed E-state index contributed by atoms with van der Waals surface area (Å²) < 4.78 is 10.3. The van der Waals surface area contributed by atoms with Gasteiger partial charge >= 0.3 is 5.97 Å². The fraction of sp³-hybridized carbons (Fsp3) is 0.812. The molecule has 0 radical (unpaired) electrons. The Kier molecular flexibility index (Phi) is 6.83. The molecule has 3 N–H and O–H groups in total. The van der Waals surface area contributed by atoms with Crippen LogP contribution in [0.1, 0.15) is 27.2 Å². The van der Waals surface area contributed by atoms with Crippen LogP contribution in [0.25, 0.3) is 0 Å². The molecule has 2 aliphatic rings. The predicted molar refractivity (Wildman–Crippen MR) is 90.0 cm³/mol. The topological polar surface area (TPSA) is 99.5 Å². The molecule has 0 aromatic rings. The van der Waals surface area contributed by atoms with Crippen LogP contribution in [-0.2, 0) is 14.3 Å². The Morgan fingerprint density at radius 3 is 2.62 bits per heavy atom. The Labute approximate surface area is 148 Å². The third-order valence-electron chi connectivity index (χ3n) is 4.99. The second kappa shape index (κ2) is 7.68. The molecule has 0 bridgehead atoms. The summed E-state index contributed by atoms with van der Waals surface area (Å²) in [6.45, 7) is 5.68. The highest BCUT2D eigenvalue weighted by Gasteiger charge is 2.55. The first-order valence-electron chi connectivity index (χ1n) is 7.88. The standard InChI is InChI=1S/C16H27NO6.ClH/c1-10(22-4)16(21,15(2,3)20)14(19)23-9-11-5-7-17-8-6-12(18)13(11)17;/h5,10,12-13,18,20-21H,6-9H2,1-4H3;1H/t10-,12?,13?,16+;/m0./s1. The number of esters is 1. The summed E-state index contributed by atoms with van der Waals surface area (Å²) in [5.74, 6) is -0.939. The number of carbonyl (C=O) groups excluding carboxylic acids is 1. The normalized spacial score (nSPS) is 27.7. The number of nitrogens with zero attached hydrogens (tertiary/aromatic N) is 1. The smallest absolute Gasteiger partial charge is 0.344 e. The molecule has 0 saturated carbocycles. The molecule has 2 aliphatic heterocycles. The maximum atomic E-state index is 12.4. The van der Waals surface area contributed by atoms with Crippen molar-refractivity contribution in [3.05, 3.63) is 11.6 Å². The van der Waals surface area contributed by atoms with Gasteiger partial charge in [-0.1, -0.05) is 6.08 Å². The Balaban J connectivity index is 0.00000288. The molecule has 1 fully saturated rings. The minimum atomic E-state index is -2.19. The number of carbonyl (C=O) groups is 1. The maximum absolute atomic E-state index is 12.4. The summed E-state index contributed by atoms with van der Waals surface area (Å²) in [5.41, 5.74) is -3.09. The molecule has 8 heteroatoms. The molecule has 140 valence electrons. The molecule has 0 aromatic heterocycles. The number of ether oxygens (including phenoxy) is 2. The molecule has 0 aromatic carbocycles. The predicted octanol–water partition coefficient (Wildman–Crippen LogP) is -0.136. The molecular weight excluding hydrogens is 338 g/mol. The number of methoxy groups -OCH3 is 1. The highest BCUT2D eigenvalue weighted by Crippen LogP contribution is 2.31. The van der Waals surface area contributed by atoms with Gasteiger partial charge in [0.1, 0.15) is 12.2 Å². The van der Waals surface area contributed by atoms with E-state index in [9.17, 15) is 20.1 Å². The quantitative estimate of drug-likeness (QED) is 0.445. The van der Waals surface area contributed by atoms with Gasteiger partial charge in [0.15, 0.2) is 0 Å². The summed E-state index contributed by atoms with van der Waals surface area (Å²) in [7, 11) is 1.35. The molecule has 0 aliphatic carbocycles. The van der Waals surface area contributed by atoms with Crippen LogP contribution in [0.15, 0.2) is 11.6 Å². The zero-order valence-corrected chi connectivity index (χ0v) is 15.4. The second-order valence-electron chi connectivity index (χ2n) is 6.85. The molecule has 0 spiro atoms. The van der Waals surface area contributed by atoms with Crippen molar-refractivity contribution in [2.45, 2.75) is 56.6 Å². The van der Waals surface area contributed by atoms with E-state index in [0.717, 1.165) is 18.7 Å². The van der Waals surface area contributed by atoms with E-state index in [1.807, 2.05) is 6.08 Å². The lowest BCUT2D eigenvalue weighted by Crippen LogP contribution is -2.63. The van der Waals surface area contributed by atoms with Crippen molar-refractivity contribution in [3.8, 4) is 0 Å². The van der Waals surface area contributed by atoms with Gasteiger partial charge < -0.3 is 24.8 Å². The molecule has 2 heterocycles. The Morgan fingerprint density at radius 2 is 2.08 bits per heavy atom. The summed E-state index contributed by atoms with van der Waals surface area (Å²) in [5, 5.41) is 30.9. The van der Waals surface area contributed by atoms with Crippen LogP contribution in [0.2, 0.25) is 0 Å². The van der Waals surface area contributed by atoms with E-state index in [1.54, 1.807) is 0 Å². The van der Waals surface area contributed by atoms with Crippen LogP contribution < -0.4 is 0 Å². The molecular formula is C16H28ClNO6. The average Bonchev–Trinajstić information content (AvgIpc) is 3.05. The molecule has 24 heavy (non-hydrogen) atoms. The van der Waals surface area contributed by atoms with E-state index in [1.165, 1.54) is 27.9 Å². The van der Waals surface area contributed by atoms with Crippen LogP contribution in [0.4, 0.5) is 0 Å². The number of aliphatic hydroxyl groups excluding tert-OH is 1. The lowest BCUT2D eigenvalue weighted by molar-refractivity contribution is -0.216. The van der Waals surface area contributed by atoms with Crippen LogP contribution >= 0.6 is 12.4 Å². The zero-order valence-electron chi connectivity index (χ0n) is 14.6. The number of aliphatic hydroxyl groups is 3. The van der Waals surface area contributed by atoms with Crippen LogP contribution in [0, 0.1) is 0 Å². The number of fused-ring (bicyclic) bond motifs is 1. The van der Waals surface area contributed by atoms with Gasteiger partial charge in [0, 0.05) is 20.2 Å². The van der Waals surface area contributed by atoms with Gasteiger partial charge in [-0.3, -0.25) is 4.90 Å². The average molecular weight is 366 g/mol. The molecule has 2 rings (SSSR count). The molecule has 4 atom stereocenters. The summed E-state index contributed by atoms with van der Waals surface area (Å²) in [6.07, 6.45) is 1.22. The van der Waals surface area contributed by atoms with Crippen molar-refractivity contribution in [1.82, 2.24) is 4.90 Å². The SMILES string of the molecule is CO[C@@H](C)[C@@](O)(C(=O)OCC1=CCN2CCC(O)C12)C(C)(C)O.Cl. The Bertz CT molecular complexity index is 491. The number of halogens is 1. The summed E-state index contributed by atoms with van der Waals surface area (Å²) in [4.78, 5) is 14.5. The van der Waals surface area contributed by atoms with Crippen molar-refractivity contribution >= 4 is 18.4 Å². The van der Waals surface area contributed by atoms with Gasteiger partial charge in [0.2, 0.25) is 5.60 Å². The van der Waals surface area contributed by atoms with Crippen molar-refractivity contribution in [2.75, 3.05) is 26.8 Å². The van der Waals surface area contributed by atoms with E-state index in [4.69, 9.17) is 9.47 Å². The van der Waals surface area contributed by atoms with E-state index < -0.39 is 29.4 Å². The highest BCUT2D eigenvalue weighted by atomic mass is 35.5. The van der Waals surface area contributed by atoms with Gasteiger partial charge in [0.25, 0.3) is 0 Å². The number of rotatable bonds is 6. The largest absolute Gasteiger partial charge is 0.459 e. The minimum Gasteiger partial charge on any atom is -0.459 e. The fourth-order valence-electron chi connectivity index (χ4n) is 3.37. The lowest BCUT2D eigenvalue weighted by Gasteiger charge is -2.40. The molecule has 1 saturated heterocycles. The van der Waals surface area contributed by atoms with Crippen molar-refractivity contribution in [3.63, 3.8) is 0 Å². The third kappa shape index (κ3) is 3.61. The maximum Gasteiger partial charge on any atom is 0.344 e. The van der Waals surface area contributed by atoms with Crippen molar-refractivity contribution < 1.29 is 29.6 Å². The van der Waals surface area contributed by atoms with E-state index in [-0.39, 0.29) is 25.1 Å². The van der Waals surface area contributed by atoms with E-state index >= 15 is 0 Å². The lowest BCUT2D eigenvalue weighted by atomic mass is 9.81. The molecule has 7 nitrogen and oxygen atoms in total. The first-order valence-corrected chi connectivity index (χ1v) is 7.88. The van der Waals surface area contributed by atoms with Crippen LogP contribution in [-0.4, -0.2) is 82.4 Å². The van der Waals surface area contributed by atoms with Gasteiger partial charge in [-0.15, -0.1) is 12.4 Å². The Hall–Kier alpha value is -0.700. The number of hydrogen-bond acceptors (Lipinski definition) is 7.